The maximum Gasteiger partial charge on any atom is 0.433 e. The van der Waals surface area contributed by atoms with Gasteiger partial charge in [0.25, 0.3) is 5.91 Å². The van der Waals surface area contributed by atoms with Crippen molar-refractivity contribution < 1.29 is 18.0 Å². The zero-order valence-electron chi connectivity index (χ0n) is 19.5. The van der Waals surface area contributed by atoms with Crippen LogP contribution in [0.5, 0.6) is 0 Å². The van der Waals surface area contributed by atoms with Crippen LogP contribution in [-0.4, -0.2) is 37.1 Å². The molecule has 1 saturated carbocycles. The summed E-state index contributed by atoms with van der Waals surface area (Å²) in [6, 6.07) is 13.6. The summed E-state index contributed by atoms with van der Waals surface area (Å²) in [5.41, 5.74) is 2.31. The van der Waals surface area contributed by atoms with Crippen LogP contribution < -0.4 is 15.5 Å². The van der Waals surface area contributed by atoms with Crippen LogP contribution in [0.3, 0.4) is 0 Å². The van der Waals surface area contributed by atoms with E-state index in [1.165, 1.54) is 0 Å². The molecule has 1 amide bonds. The van der Waals surface area contributed by atoms with Crippen LogP contribution in [-0.2, 0) is 6.18 Å². The average molecular weight is 471 g/mol. The molecule has 4 rings (SSSR count). The van der Waals surface area contributed by atoms with E-state index >= 15 is 0 Å². The number of hydrogen-bond donors (Lipinski definition) is 2. The lowest BCUT2D eigenvalue weighted by Crippen LogP contribution is -2.41. The number of benzene rings is 2. The molecule has 0 unspecified atom stereocenters. The van der Waals surface area contributed by atoms with Gasteiger partial charge in [0.1, 0.15) is 5.69 Å². The molecule has 2 aromatic carbocycles. The fraction of sp³-hybridized carbons (Fsp3) is 0.385. The lowest BCUT2D eigenvalue weighted by Gasteiger charge is -2.31. The third-order valence-corrected chi connectivity index (χ3v) is 6.25. The second kappa shape index (κ2) is 9.52. The van der Waals surface area contributed by atoms with Crippen molar-refractivity contribution in [1.29, 1.82) is 0 Å². The number of aromatic nitrogens is 1. The van der Waals surface area contributed by atoms with Gasteiger partial charge in [-0.1, -0.05) is 17.7 Å². The van der Waals surface area contributed by atoms with Crippen molar-refractivity contribution in [2.45, 2.75) is 50.9 Å². The number of rotatable bonds is 5. The molecule has 1 heterocycles. The number of nitrogens with zero attached hydrogens (tertiary/aromatic N) is 2. The van der Waals surface area contributed by atoms with Crippen LogP contribution in [0.1, 0.15) is 47.3 Å². The first kappa shape index (κ1) is 23.9. The Morgan fingerprint density at radius 1 is 1.06 bits per heavy atom. The van der Waals surface area contributed by atoms with Gasteiger partial charge in [-0.05, 0) is 69.0 Å². The number of fused-ring (bicyclic) bond motifs is 1. The zero-order valence-corrected chi connectivity index (χ0v) is 19.5. The van der Waals surface area contributed by atoms with Gasteiger partial charge in [-0.25, -0.2) is 4.98 Å². The molecule has 1 aromatic heterocycles. The lowest BCUT2D eigenvalue weighted by molar-refractivity contribution is -0.140. The van der Waals surface area contributed by atoms with Crippen molar-refractivity contribution in [3.8, 4) is 0 Å². The maximum absolute atomic E-state index is 13.5. The van der Waals surface area contributed by atoms with Crippen molar-refractivity contribution in [1.82, 2.24) is 10.3 Å². The van der Waals surface area contributed by atoms with Crippen molar-refractivity contribution in [2.24, 2.45) is 0 Å². The molecule has 0 bridgehead atoms. The Morgan fingerprint density at radius 2 is 1.82 bits per heavy atom. The number of nitrogens with one attached hydrogen (secondary N) is 2. The third kappa shape index (κ3) is 5.43. The summed E-state index contributed by atoms with van der Waals surface area (Å²) in [5, 5.41) is 7.11. The fourth-order valence-corrected chi connectivity index (χ4v) is 4.47. The SMILES string of the molecule is Cc1ccc2nc(C(F)(F)F)cc(N[C@H]3CCC[C@@H](NC(=O)c4cccc(N(C)C)c4)C3)c2c1. The maximum atomic E-state index is 13.5. The summed E-state index contributed by atoms with van der Waals surface area (Å²) in [5.74, 6) is -0.140. The second-order valence-electron chi connectivity index (χ2n) is 9.20. The predicted molar refractivity (Wildman–Crippen MR) is 129 cm³/mol. The molecule has 1 aliphatic carbocycles. The van der Waals surface area contributed by atoms with Gasteiger partial charge in [-0.2, -0.15) is 13.2 Å². The summed E-state index contributed by atoms with van der Waals surface area (Å²) < 4.78 is 40.4. The molecule has 0 saturated heterocycles. The molecule has 8 heteroatoms. The number of amides is 1. The Hall–Kier alpha value is -3.29. The van der Waals surface area contributed by atoms with E-state index in [1.54, 1.807) is 18.2 Å². The van der Waals surface area contributed by atoms with E-state index < -0.39 is 11.9 Å². The molecule has 5 nitrogen and oxygen atoms in total. The molecule has 1 fully saturated rings. The van der Waals surface area contributed by atoms with E-state index in [-0.39, 0.29) is 18.0 Å². The van der Waals surface area contributed by atoms with Crippen LogP contribution in [0.15, 0.2) is 48.5 Å². The number of aryl methyl sites for hydroxylation is 1. The zero-order chi connectivity index (χ0) is 24.5. The Morgan fingerprint density at radius 3 is 2.56 bits per heavy atom. The van der Waals surface area contributed by atoms with Gasteiger partial charge >= 0.3 is 6.18 Å². The number of pyridine rings is 1. The first-order chi connectivity index (χ1) is 16.1. The van der Waals surface area contributed by atoms with E-state index in [0.29, 0.717) is 28.6 Å². The van der Waals surface area contributed by atoms with Gasteiger partial charge < -0.3 is 15.5 Å². The number of alkyl halides is 3. The molecule has 0 aliphatic heterocycles. The number of carbonyl (C=O) groups is 1. The Kier molecular flexibility index (Phi) is 6.68. The highest BCUT2D eigenvalue weighted by molar-refractivity contribution is 5.95. The molecule has 2 atom stereocenters. The minimum Gasteiger partial charge on any atom is -0.382 e. The molecular weight excluding hydrogens is 441 g/mol. The summed E-state index contributed by atoms with van der Waals surface area (Å²) in [4.78, 5) is 18.6. The molecule has 3 aromatic rings. The van der Waals surface area contributed by atoms with E-state index in [9.17, 15) is 18.0 Å². The fourth-order valence-electron chi connectivity index (χ4n) is 4.47. The summed E-state index contributed by atoms with van der Waals surface area (Å²) in [7, 11) is 3.84. The van der Waals surface area contributed by atoms with Crippen LogP contribution in [0.4, 0.5) is 24.5 Å². The topological polar surface area (TPSA) is 57.3 Å². The van der Waals surface area contributed by atoms with E-state index in [0.717, 1.165) is 36.6 Å². The van der Waals surface area contributed by atoms with Crippen molar-refractivity contribution in [3.05, 3.63) is 65.4 Å². The van der Waals surface area contributed by atoms with Gasteiger partial charge in [0.15, 0.2) is 0 Å². The first-order valence-electron chi connectivity index (χ1n) is 11.4. The minimum absolute atomic E-state index is 0.0562. The molecular formula is C26H29F3N4O. The number of anilines is 2. The predicted octanol–water partition coefficient (Wildman–Crippen LogP) is 5.78. The molecule has 1 aliphatic rings. The first-order valence-corrected chi connectivity index (χ1v) is 11.4. The van der Waals surface area contributed by atoms with Gasteiger partial charge in [0.2, 0.25) is 0 Å². The number of halogens is 3. The minimum atomic E-state index is -4.53. The molecule has 2 N–H and O–H groups in total. The monoisotopic (exact) mass is 470 g/mol. The molecule has 34 heavy (non-hydrogen) atoms. The largest absolute Gasteiger partial charge is 0.433 e. The highest BCUT2D eigenvalue weighted by Crippen LogP contribution is 2.34. The average Bonchev–Trinajstić information content (AvgIpc) is 2.79. The van der Waals surface area contributed by atoms with Gasteiger partial charge in [-0.15, -0.1) is 0 Å². The Labute approximate surface area is 197 Å². The van der Waals surface area contributed by atoms with E-state index in [1.807, 2.05) is 50.2 Å². The molecule has 0 spiro atoms. The smallest absolute Gasteiger partial charge is 0.382 e. The highest BCUT2D eigenvalue weighted by atomic mass is 19.4. The quantitative estimate of drug-likeness (QED) is 0.496. The van der Waals surface area contributed by atoms with Gasteiger partial charge in [-0.3, -0.25) is 4.79 Å². The Bertz CT molecular complexity index is 1190. The summed E-state index contributed by atoms with van der Waals surface area (Å²) in [6.07, 6.45) is -1.37. The number of carbonyl (C=O) groups excluding carboxylic acids is 1. The van der Waals surface area contributed by atoms with Crippen LogP contribution >= 0.6 is 0 Å². The second-order valence-corrected chi connectivity index (χ2v) is 9.20. The van der Waals surface area contributed by atoms with Crippen LogP contribution in [0.25, 0.3) is 10.9 Å². The lowest BCUT2D eigenvalue weighted by atomic mass is 9.90. The van der Waals surface area contributed by atoms with E-state index in [2.05, 4.69) is 15.6 Å². The summed E-state index contributed by atoms with van der Waals surface area (Å²) >= 11 is 0. The van der Waals surface area contributed by atoms with E-state index in [4.69, 9.17) is 0 Å². The number of hydrogen-bond acceptors (Lipinski definition) is 4. The van der Waals surface area contributed by atoms with Crippen molar-refractivity contribution in [2.75, 3.05) is 24.3 Å². The van der Waals surface area contributed by atoms with Crippen molar-refractivity contribution in [3.63, 3.8) is 0 Å². The standard InChI is InChI=1S/C26H29F3N4O/c1-16-10-11-22-21(12-16)23(15-24(32-22)26(27,28)29)30-18-7-5-8-19(14-18)31-25(34)17-6-4-9-20(13-17)33(2)3/h4,6,9-13,15,18-19H,5,7-8,14H2,1-3H3,(H,30,32)(H,31,34)/t18-,19+/m0/s1. The molecule has 180 valence electrons. The third-order valence-electron chi connectivity index (χ3n) is 6.25. The van der Waals surface area contributed by atoms with Crippen molar-refractivity contribution >= 4 is 28.2 Å². The van der Waals surface area contributed by atoms with Crippen LogP contribution in [0.2, 0.25) is 0 Å². The van der Waals surface area contributed by atoms with Gasteiger partial charge in [0.05, 0.1) is 5.52 Å². The normalized spacial score (nSPS) is 18.5. The Balaban J connectivity index is 1.51. The molecule has 0 radical (unpaired) electrons. The van der Waals surface area contributed by atoms with Crippen LogP contribution in [0, 0.1) is 6.92 Å². The highest BCUT2D eigenvalue weighted by Gasteiger charge is 2.34. The summed E-state index contributed by atoms with van der Waals surface area (Å²) in [6.45, 7) is 1.90. The van der Waals surface area contributed by atoms with Gasteiger partial charge in [0, 0.05) is 48.5 Å².